The molecule has 68 heavy (non-hydrogen) atoms. The van der Waals surface area contributed by atoms with E-state index in [1.54, 1.807) is 0 Å². The lowest BCUT2D eigenvalue weighted by Gasteiger charge is -2.18. The zero-order valence-electron chi connectivity index (χ0n) is 46.4. The summed E-state index contributed by atoms with van der Waals surface area (Å²) in [5.41, 5.74) is 0. The topological polar surface area (TPSA) is 78.9 Å². The van der Waals surface area contributed by atoms with Crippen LogP contribution in [0.25, 0.3) is 0 Å². The van der Waals surface area contributed by atoms with E-state index in [9.17, 15) is 14.4 Å². The molecule has 0 aromatic rings. The number of rotatable bonds is 58. The lowest BCUT2D eigenvalue weighted by Crippen LogP contribution is -2.30. The number of unbranched alkanes of at least 4 members (excludes halogenated alkanes) is 47. The highest BCUT2D eigenvalue weighted by molar-refractivity contribution is 5.71. The van der Waals surface area contributed by atoms with Crippen molar-refractivity contribution in [2.75, 3.05) is 13.2 Å². The molecule has 6 nitrogen and oxygen atoms in total. The van der Waals surface area contributed by atoms with E-state index in [2.05, 4.69) is 20.8 Å². The summed E-state index contributed by atoms with van der Waals surface area (Å²) in [5, 5.41) is 0. The van der Waals surface area contributed by atoms with E-state index in [1.165, 1.54) is 263 Å². The van der Waals surface area contributed by atoms with Crippen molar-refractivity contribution in [3.05, 3.63) is 0 Å². The minimum atomic E-state index is -0.759. The molecule has 0 aliphatic heterocycles. The maximum atomic E-state index is 12.7. The van der Waals surface area contributed by atoms with Gasteiger partial charge in [0.15, 0.2) is 6.10 Å². The van der Waals surface area contributed by atoms with Crippen molar-refractivity contribution in [2.45, 2.75) is 367 Å². The van der Waals surface area contributed by atoms with Gasteiger partial charge in [-0.2, -0.15) is 0 Å². The third kappa shape index (κ3) is 55.3. The normalized spacial score (nSPS) is 11.9. The van der Waals surface area contributed by atoms with Gasteiger partial charge in [-0.15, -0.1) is 0 Å². The second kappa shape index (κ2) is 58.0. The fraction of sp³-hybridized carbons (Fsp3) is 0.952. The Balaban J connectivity index is 3.81. The van der Waals surface area contributed by atoms with E-state index < -0.39 is 6.10 Å². The van der Waals surface area contributed by atoms with Crippen LogP contribution in [0.2, 0.25) is 0 Å². The summed E-state index contributed by atoms with van der Waals surface area (Å²) >= 11 is 0. The maximum Gasteiger partial charge on any atom is 0.306 e. The smallest absolute Gasteiger partial charge is 0.306 e. The van der Waals surface area contributed by atoms with Gasteiger partial charge < -0.3 is 14.2 Å². The van der Waals surface area contributed by atoms with Gasteiger partial charge in [-0.3, -0.25) is 14.4 Å². The number of carbonyl (C=O) groups is 3. The third-order valence-corrected chi connectivity index (χ3v) is 14.4. The van der Waals surface area contributed by atoms with Crippen LogP contribution < -0.4 is 0 Å². The Labute approximate surface area is 425 Å². The van der Waals surface area contributed by atoms with Crippen LogP contribution >= 0.6 is 0 Å². The fourth-order valence-corrected chi connectivity index (χ4v) is 9.68. The zero-order chi connectivity index (χ0) is 49.3. The Morgan fingerprint density at radius 3 is 0.588 bits per heavy atom. The van der Waals surface area contributed by atoms with Gasteiger partial charge in [-0.25, -0.2) is 0 Å². The first-order valence-electron chi connectivity index (χ1n) is 31.0. The van der Waals surface area contributed by atoms with Crippen LogP contribution in [0.3, 0.4) is 0 Å². The van der Waals surface area contributed by atoms with Gasteiger partial charge in [-0.1, -0.05) is 323 Å². The van der Waals surface area contributed by atoms with Crippen molar-refractivity contribution in [2.24, 2.45) is 0 Å². The van der Waals surface area contributed by atoms with E-state index in [0.717, 1.165) is 57.8 Å². The van der Waals surface area contributed by atoms with E-state index in [0.29, 0.717) is 19.3 Å². The quantitative estimate of drug-likeness (QED) is 0.0343. The van der Waals surface area contributed by atoms with Gasteiger partial charge >= 0.3 is 17.9 Å². The molecule has 0 rings (SSSR count). The molecule has 0 radical (unpaired) electrons. The number of hydrogen-bond acceptors (Lipinski definition) is 6. The summed E-state index contributed by atoms with van der Waals surface area (Å²) in [6.45, 7) is 6.63. The Kier molecular flexibility index (Phi) is 56.6. The molecule has 0 aliphatic carbocycles. The molecule has 0 bridgehead atoms. The Morgan fingerprint density at radius 1 is 0.235 bits per heavy atom. The van der Waals surface area contributed by atoms with Crippen LogP contribution in [0.15, 0.2) is 0 Å². The van der Waals surface area contributed by atoms with Crippen LogP contribution in [0.5, 0.6) is 0 Å². The van der Waals surface area contributed by atoms with Crippen LogP contribution in [0.1, 0.15) is 361 Å². The average Bonchev–Trinajstić information content (AvgIpc) is 3.34. The summed E-state index contributed by atoms with van der Waals surface area (Å²) in [6.07, 6.45) is 66.1. The molecular formula is C62H120O6. The highest BCUT2D eigenvalue weighted by atomic mass is 16.6. The van der Waals surface area contributed by atoms with Crippen molar-refractivity contribution >= 4 is 17.9 Å². The summed E-state index contributed by atoms with van der Waals surface area (Å²) in [7, 11) is 0. The molecule has 0 N–H and O–H groups in total. The van der Waals surface area contributed by atoms with E-state index in [1.807, 2.05) is 0 Å². The first-order valence-corrected chi connectivity index (χ1v) is 31.0. The number of ether oxygens (including phenoxy) is 3. The summed E-state index contributed by atoms with van der Waals surface area (Å²) in [4.78, 5) is 37.8. The standard InChI is InChI=1S/C62H120O6/c1-4-7-10-13-16-18-20-21-22-23-24-25-26-27-28-29-30-31-32-33-34-35-36-37-38-39-40-41-43-44-46-49-52-55-61(64)67-58-59(57-66-60(63)54-51-48-15-12-9-6-3)68-62(65)56-53-50-47-45-42-19-17-14-11-8-5-2/h59H,4-58H2,1-3H3. The largest absolute Gasteiger partial charge is 0.462 e. The minimum absolute atomic E-state index is 0.0627. The molecule has 0 saturated heterocycles. The van der Waals surface area contributed by atoms with Gasteiger partial charge in [0.25, 0.3) is 0 Å². The lowest BCUT2D eigenvalue weighted by molar-refractivity contribution is -0.167. The lowest BCUT2D eigenvalue weighted by atomic mass is 10.0. The predicted octanol–water partition coefficient (Wildman–Crippen LogP) is 20.7. The SMILES string of the molecule is CCCCCCCCCCCCCCCCCCCCCCCCCCCCCCCCCCCC(=O)OCC(COC(=O)CCCCCCCC)OC(=O)CCCCCCCCCCCCC. The molecule has 0 aliphatic rings. The third-order valence-electron chi connectivity index (χ3n) is 14.4. The first-order chi connectivity index (χ1) is 33.5. The molecule has 0 spiro atoms. The predicted molar refractivity (Wildman–Crippen MR) is 294 cm³/mol. The second-order valence-corrected chi connectivity index (χ2v) is 21.3. The summed E-state index contributed by atoms with van der Waals surface area (Å²) in [6, 6.07) is 0. The highest BCUT2D eigenvalue weighted by Gasteiger charge is 2.19. The molecule has 404 valence electrons. The molecular weight excluding hydrogens is 841 g/mol. The Bertz CT molecular complexity index is 1010. The summed E-state index contributed by atoms with van der Waals surface area (Å²) < 4.78 is 16.7. The second-order valence-electron chi connectivity index (χ2n) is 21.3. The molecule has 1 atom stereocenters. The van der Waals surface area contributed by atoms with Gasteiger partial charge in [0, 0.05) is 19.3 Å². The number of carbonyl (C=O) groups excluding carboxylic acids is 3. The fourth-order valence-electron chi connectivity index (χ4n) is 9.68. The van der Waals surface area contributed by atoms with Crippen molar-refractivity contribution in [1.29, 1.82) is 0 Å². The van der Waals surface area contributed by atoms with Gasteiger partial charge in [0.05, 0.1) is 0 Å². The van der Waals surface area contributed by atoms with E-state index in [-0.39, 0.29) is 31.1 Å². The minimum Gasteiger partial charge on any atom is -0.462 e. The molecule has 0 heterocycles. The molecule has 0 aromatic heterocycles. The zero-order valence-corrected chi connectivity index (χ0v) is 46.4. The Morgan fingerprint density at radius 2 is 0.397 bits per heavy atom. The molecule has 1 unspecified atom stereocenters. The highest BCUT2D eigenvalue weighted by Crippen LogP contribution is 2.18. The number of hydrogen-bond donors (Lipinski definition) is 0. The van der Waals surface area contributed by atoms with Gasteiger partial charge in [0.2, 0.25) is 0 Å². The molecule has 6 heteroatoms. The molecule has 0 saturated carbocycles. The molecule has 0 fully saturated rings. The van der Waals surface area contributed by atoms with E-state index in [4.69, 9.17) is 14.2 Å². The number of esters is 3. The van der Waals surface area contributed by atoms with E-state index >= 15 is 0 Å². The molecule has 0 aromatic carbocycles. The van der Waals surface area contributed by atoms with Crippen LogP contribution in [-0.4, -0.2) is 37.2 Å². The maximum absolute atomic E-state index is 12.7. The van der Waals surface area contributed by atoms with Crippen molar-refractivity contribution < 1.29 is 28.6 Å². The first kappa shape index (κ1) is 66.4. The van der Waals surface area contributed by atoms with Gasteiger partial charge in [-0.05, 0) is 19.3 Å². The van der Waals surface area contributed by atoms with Crippen LogP contribution in [0, 0.1) is 0 Å². The monoisotopic (exact) mass is 961 g/mol. The molecule has 0 amide bonds. The van der Waals surface area contributed by atoms with Crippen molar-refractivity contribution in [3.63, 3.8) is 0 Å². The summed E-state index contributed by atoms with van der Waals surface area (Å²) in [5.74, 6) is -0.851. The van der Waals surface area contributed by atoms with Gasteiger partial charge in [0.1, 0.15) is 13.2 Å². The van der Waals surface area contributed by atoms with Crippen molar-refractivity contribution in [1.82, 2.24) is 0 Å². The average molecular weight is 962 g/mol. The van der Waals surface area contributed by atoms with Crippen LogP contribution in [0.4, 0.5) is 0 Å². The van der Waals surface area contributed by atoms with Crippen molar-refractivity contribution in [3.8, 4) is 0 Å². The Hall–Kier alpha value is -1.59. The van der Waals surface area contributed by atoms with Crippen LogP contribution in [-0.2, 0) is 28.6 Å².